The average molecular weight is 413 g/mol. The summed E-state index contributed by atoms with van der Waals surface area (Å²) in [5, 5.41) is 9.69. The molecule has 7 heteroatoms. The number of aromatic nitrogens is 2. The molecule has 1 N–H and O–H groups in total. The summed E-state index contributed by atoms with van der Waals surface area (Å²) in [6.07, 6.45) is 4.05. The molecule has 0 radical (unpaired) electrons. The van der Waals surface area contributed by atoms with Gasteiger partial charge in [-0.05, 0) is 50.9 Å². The topological polar surface area (TPSA) is 70.8 Å². The number of carbonyl (C=O) groups excluding carboxylic acids is 1. The van der Waals surface area contributed by atoms with E-state index in [1.54, 1.807) is 0 Å². The second-order valence-electron chi connectivity index (χ2n) is 9.40. The summed E-state index contributed by atoms with van der Waals surface area (Å²) in [6, 6.07) is 8.24. The molecule has 0 aliphatic carbocycles. The van der Waals surface area contributed by atoms with Crippen LogP contribution in [0.2, 0.25) is 0 Å². The highest BCUT2D eigenvalue weighted by Crippen LogP contribution is 2.43. The van der Waals surface area contributed by atoms with Gasteiger partial charge >= 0.3 is 5.97 Å². The lowest BCUT2D eigenvalue weighted by Crippen LogP contribution is -2.43. The zero-order valence-electron chi connectivity index (χ0n) is 17.8. The van der Waals surface area contributed by atoms with Gasteiger partial charge in [0.1, 0.15) is 11.9 Å². The van der Waals surface area contributed by atoms with Crippen molar-refractivity contribution in [2.45, 2.75) is 50.9 Å². The van der Waals surface area contributed by atoms with Gasteiger partial charge in [-0.3, -0.25) is 14.6 Å². The van der Waals surface area contributed by atoms with Crippen LogP contribution in [0.3, 0.4) is 0 Å². The standard InChI is InChI=1S/C23H32N4O3/c1-25-20-5-3-2-4-19(20)24-21(25)16-27-12-8-23(9-13-27)14-18(30-22(23)29)15-26-10-6-17(28)7-11-26/h2-5,17-18,28H,6-16H2,1H3. The number of nitrogens with zero attached hydrogens (tertiary/aromatic N) is 4. The van der Waals surface area contributed by atoms with E-state index in [2.05, 4.69) is 33.5 Å². The fourth-order valence-electron chi connectivity index (χ4n) is 5.41. The molecule has 3 aliphatic heterocycles. The average Bonchev–Trinajstić information content (AvgIpc) is 3.22. The molecule has 3 fully saturated rings. The zero-order chi connectivity index (χ0) is 20.7. The monoisotopic (exact) mass is 412 g/mol. The van der Waals surface area contributed by atoms with Crippen LogP contribution in [-0.2, 0) is 23.1 Å². The van der Waals surface area contributed by atoms with Gasteiger partial charge in [-0.15, -0.1) is 0 Å². The van der Waals surface area contributed by atoms with Crippen LogP contribution in [0.4, 0.5) is 0 Å². The molecule has 1 aromatic heterocycles. The van der Waals surface area contributed by atoms with Crippen molar-refractivity contribution in [3.05, 3.63) is 30.1 Å². The van der Waals surface area contributed by atoms with Gasteiger partial charge in [-0.25, -0.2) is 4.98 Å². The van der Waals surface area contributed by atoms with Crippen LogP contribution >= 0.6 is 0 Å². The number of aryl methyl sites for hydroxylation is 1. The smallest absolute Gasteiger partial charge is 0.312 e. The third-order valence-electron chi connectivity index (χ3n) is 7.40. The number of esters is 1. The van der Waals surface area contributed by atoms with Crippen molar-refractivity contribution in [3.63, 3.8) is 0 Å². The first kappa shape index (κ1) is 20.0. The Morgan fingerprint density at radius 2 is 1.87 bits per heavy atom. The number of likely N-dealkylation sites (tertiary alicyclic amines) is 2. The Labute approximate surface area is 177 Å². The minimum atomic E-state index is -0.303. The molecular weight excluding hydrogens is 380 g/mol. The van der Waals surface area contributed by atoms with Crippen LogP contribution in [0.5, 0.6) is 0 Å². The fraction of sp³-hybridized carbons (Fsp3) is 0.652. The lowest BCUT2D eigenvalue weighted by atomic mass is 9.76. The summed E-state index contributed by atoms with van der Waals surface area (Å²) in [5.41, 5.74) is 1.90. The maximum atomic E-state index is 12.8. The number of fused-ring (bicyclic) bond motifs is 1. The Bertz CT molecular complexity index is 910. The molecule has 162 valence electrons. The molecule has 7 nitrogen and oxygen atoms in total. The molecule has 3 aliphatic rings. The third-order valence-corrected chi connectivity index (χ3v) is 7.40. The Morgan fingerprint density at radius 3 is 2.60 bits per heavy atom. The Balaban J connectivity index is 1.18. The highest BCUT2D eigenvalue weighted by Gasteiger charge is 2.50. The van der Waals surface area contributed by atoms with Gasteiger partial charge in [0.05, 0.1) is 29.1 Å². The molecule has 1 atom stereocenters. The summed E-state index contributed by atoms with van der Waals surface area (Å²) < 4.78 is 7.99. The van der Waals surface area contributed by atoms with Gasteiger partial charge in [0.25, 0.3) is 0 Å². The molecule has 0 saturated carbocycles. The number of aliphatic hydroxyl groups is 1. The number of rotatable bonds is 4. The largest absolute Gasteiger partial charge is 0.461 e. The number of benzene rings is 1. The quantitative estimate of drug-likeness (QED) is 0.774. The van der Waals surface area contributed by atoms with E-state index in [9.17, 15) is 9.90 Å². The number of para-hydroxylation sites is 2. The lowest BCUT2D eigenvalue weighted by molar-refractivity contribution is -0.151. The highest BCUT2D eigenvalue weighted by molar-refractivity contribution is 5.79. The van der Waals surface area contributed by atoms with Crippen molar-refractivity contribution in [3.8, 4) is 0 Å². The molecule has 0 bridgehead atoms. The predicted molar refractivity (Wildman–Crippen MR) is 114 cm³/mol. The summed E-state index contributed by atoms with van der Waals surface area (Å²) >= 11 is 0. The molecule has 3 saturated heterocycles. The van der Waals surface area contributed by atoms with E-state index in [1.807, 2.05) is 12.1 Å². The zero-order valence-corrected chi connectivity index (χ0v) is 17.8. The minimum absolute atomic E-state index is 0.000803. The van der Waals surface area contributed by atoms with Gasteiger partial charge in [0, 0.05) is 33.1 Å². The second kappa shape index (κ2) is 7.94. The first-order valence-electron chi connectivity index (χ1n) is 11.3. The highest BCUT2D eigenvalue weighted by atomic mass is 16.6. The van der Waals surface area contributed by atoms with E-state index in [0.29, 0.717) is 0 Å². The maximum Gasteiger partial charge on any atom is 0.312 e. The van der Waals surface area contributed by atoms with Gasteiger partial charge in [0.2, 0.25) is 0 Å². The first-order chi connectivity index (χ1) is 14.5. The molecule has 2 aromatic rings. The van der Waals surface area contributed by atoms with Gasteiger partial charge < -0.3 is 14.4 Å². The first-order valence-corrected chi connectivity index (χ1v) is 11.3. The number of carbonyl (C=O) groups is 1. The van der Waals surface area contributed by atoms with Crippen LogP contribution in [0.1, 0.15) is 37.9 Å². The summed E-state index contributed by atoms with van der Waals surface area (Å²) in [6.45, 7) is 5.23. The number of hydrogen-bond acceptors (Lipinski definition) is 6. The van der Waals surface area contributed by atoms with Crippen LogP contribution in [-0.4, -0.2) is 75.4 Å². The fourth-order valence-corrected chi connectivity index (χ4v) is 5.41. The molecule has 1 spiro atoms. The van der Waals surface area contributed by atoms with Crippen molar-refractivity contribution in [2.24, 2.45) is 12.5 Å². The summed E-state index contributed by atoms with van der Waals surface area (Å²) in [4.78, 5) is 22.3. The summed E-state index contributed by atoms with van der Waals surface area (Å²) in [7, 11) is 2.08. The van der Waals surface area contributed by atoms with Crippen molar-refractivity contribution in [1.82, 2.24) is 19.4 Å². The van der Waals surface area contributed by atoms with Crippen LogP contribution in [0.15, 0.2) is 24.3 Å². The number of imidazole rings is 1. The lowest BCUT2D eigenvalue weighted by Gasteiger charge is -2.36. The number of piperidine rings is 2. The SMILES string of the molecule is Cn1c(CN2CCC3(CC2)CC(CN2CCC(O)CC2)OC3=O)nc2ccccc21. The maximum absolute atomic E-state index is 12.8. The second-order valence-corrected chi connectivity index (χ2v) is 9.40. The van der Waals surface area contributed by atoms with E-state index >= 15 is 0 Å². The van der Waals surface area contributed by atoms with E-state index in [1.165, 1.54) is 0 Å². The number of ether oxygens (including phenoxy) is 1. The number of cyclic esters (lactones) is 1. The number of aliphatic hydroxyl groups excluding tert-OH is 1. The van der Waals surface area contributed by atoms with E-state index in [-0.39, 0.29) is 23.6 Å². The molecule has 1 aromatic carbocycles. The van der Waals surface area contributed by atoms with Crippen LogP contribution in [0.25, 0.3) is 11.0 Å². The summed E-state index contributed by atoms with van der Waals surface area (Å²) in [5.74, 6) is 1.08. The van der Waals surface area contributed by atoms with Gasteiger partial charge in [-0.1, -0.05) is 12.1 Å². The molecule has 0 amide bonds. The Kier molecular flexibility index (Phi) is 5.29. The third kappa shape index (κ3) is 3.74. The van der Waals surface area contributed by atoms with E-state index < -0.39 is 0 Å². The van der Waals surface area contributed by atoms with E-state index in [4.69, 9.17) is 9.72 Å². The minimum Gasteiger partial charge on any atom is -0.461 e. The van der Waals surface area contributed by atoms with Gasteiger partial charge in [0.15, 0.2) is 0 Å². The molecular formula is C23H32N4O3. The van der Waals surface area contributed by atoms with Crippen molar-refractivity contribution in [2.75, 3.05) is 32.7 Å². The van der Waals surface area contributed by atoms with E-state index in [0.717, 1.165) is 88.2 Å². The molecule has 5 rings (SSSR count). The Hall–Kier alpha value is -1.96. The number of hydrogen-bond donors (Lipinski definition) is 1. The van der Waals surface area contributed by atoms with Crippen molar-refractivity contribution in [1.29, 1.82) is 0 Å². The van der Waals surface area contributed by atoms with Crippen LogP contribution in [0, 0.1) is 5.41 Å². The van der Waals surface area contributed by atoms with Crippen molar-refractivity contribution < 1.29 is 14.6 Å². The Morgan fingerprint density at radius 1 is 1.13 bits per heavy atom. The van der Waals surface area contributed by atoms with Crippen molar-refractivity contribution >= 4 is 17.0 Å². The predicted octanol–water partition coefficient (Wildman–Crippen LogP) is 1.93. The van der Waals surface area contributed by atoms with Gasteiger partial charge in [-0.2, -0.15) is 0 Å². The van der Waals surface area contributed by atoms with Crippen LogP contribution < -0.4 is 0 Å². The molecule has 30 heavy (non-hydrogen) atoms. The normalized spacial score (nSPS) is 25.9. The molecule has 1 unspecified atom stereocenters. The molecule has 4 heterocycles.